The first-order chi connectivity index (χ1) is 10.0. The lowest BCUT2D eigenvalue weighted by Crippen LogP contribution is -2.27. The highest BCUT2D eigenvalue weighted by molar-refractivity contribution is 9.10. The SMILES string of the molecule is CCCNc1ccnc(Cn2c(C)c(Br)c(C)nc2=O)c1. The van der Waals surface area contributed by atoms with Crippen molar-refractivity contribution in [2.75, 3.05) is 11.9 Å². The highest BCUT2D eigenvalue weighted by Gasteiger charge is 2.10. The fourth-order valence-corrected chi connectivity index (χ4v) is 2.37. The van der Waals surface area contributed by atoms with Crippen LogP contribution in [0.4, 0.5) is 5.69 Å². The van der Waals surface area contributed by atoms with Crippen LogP contribution < -0.4 is 11.0 Å². The Balaban J connectivity index is 2.30. The first kappa shape index (κ1) is 15.7. The van der Waals surface area contributed by atoms with Gasteiger partial charge < -0.3 is 5.32 Å². The van der Waals surface area contributed by atoms with E-state index >= 15 is 0 Å². The average molecular weight is 351 g/mol. The molecule has 0 saturated carbocycles. The van der Waals surface area contributed by atoms with E-state index in [0.29, 0.717) is 12.2 Å². The van der Waals surface area contributed by atoms with Crippen LogP contribution in [-0.4, -0.2) is 21.1 Å². The maximum Gasteiger partial charge on any atom is 0.348 e. The van der Waals surface area contributed by atoms with Crippen molar-refractivity contribution < 1.29 is 0 Å². The highest BCUT2D eigenvalue weighted by Crippen LogP contribution is 2.17. The molecule has 0 amide bonds. The lowest BCUT2D eigenvalue weighted by Gasteiger charge is -2.12. The summed E-state index contributed by atoms with van der Waals surface area (Å²) in [6.07, 6.45) is 2.81. The van der Waals surface area contributed by atoms with Crippen LogP contribution in [0, 0.1) is 13.8 Å². The molecule has 0 radical (unpaired) electrons. The molecular formula is C15H19BrN4O. The summed E-state index contributed by atoms with van der Waals surface area (Å²) in [7, 11) is 0. The minimum Gasteiger partial charge on any atom is -0.385 e. The monoisotopic (exact) mass is 350 g/mol. The summed E-state index contributed by atoms with van der Waals surface area (Å²) in [5, 5.41) is 3.32. The molecule has 21 heavy (non-hydrogen) atoms. The van der Waals surface area contributed by atoms with Gasteiger partial charge in [-0.05, 0) is 48.3 Å². The van der Waals surface area contributed by atoms with Gasteiger partial charge in [-0.1, -0.05) is 6.92 Å². The lowest BCUT2D eigenvalue weighted by molar-refractivity contribution is 0.676. The first-order valence-corrected chi connectivity index (χ1v) is 7.74. The van der Waals surface area contributed by atoms with Crippen LogP contribution in [0.15, 0.2) is 27.6 Å². The van der Waals surface area contributed by atoms with Crippen LogP contribution in [0.3, 0.4) is 0 Å². The topological polar surface area (TPSA) is 59.8 Å². The van der Waals surface area contributed by atoms with Crippen LogP contribution in [0.25, 0.3) is 0 Å². The standard InChI is InChI=1S/C15H19BrN4O/c1-4-6-17-12-5-7-18-13(8-12)9-20-11(3)14(16)10(2)19-15(20)21/h5,7-8H,4,6,9H2,1-3H3,(H,17,18). The van der Waals surface area contributed by atoms with E-state index in [4.69, 9.17) is 0 Å². The summed E-state index contributed by atoms with van der Waals surface area (Å²) in [5.74, 6) is 0. The van der Waals surface area contributed by atoms with Crippen molar-refractivity contribution in [3.63, 3.8) is 0 Å². The third-order valence-corrected chi connectivity index (χ3v) is 4.40. The molecule has 0 aromatic carbocycles. The zero-order valence-electron chi connectivity index (χ0n) is 12.5. The van der Waals surface area contributed by atoms with Gasteiger partial charge in [-0.25, -0.2) is 4.79 Å². The van der Waals surface area contributed by atoms with E-state index in [2.05, 4.69) is 38.1 Å². The van der Waals surface area contributed by atoms with Gasteiger partial charge in [-0.15, -0.1) is 0 Å². The minimum atomic E-state index is -0.248. The molecule has 112 valence electrons. The van der Waals surface area contributed by atoms with Gasteiger partial charge in [0.25, 0.3) is 0 Å². The fraction of sp³-hybridized carbons (Fsp3) is 0.400. The van der Waals surface area contributed by atoms with E-state index < -0.39 is 0 Å². The maximum absolute atomic E-state index is 12.1. The molecule has 5 nitrogen and oxygen atoms in total. The van der Waals surface area contributed by atoms with E-state index in [9.17, 15) is 4.79 Å². The highest BCUT2D eigenvalue weighted by atomic mass is 79.9. The van der Waals surface area contributed by atoms with Crippen molar-refractivity contribution in [3.05, 3.63) is 50.4 Å². The van der Waals surface area contributed by atoms with Gasteiger partial charge in [0.2, 0.25) is 0 Å². The van der Waals surface area contributed by atoms with Gasteiger partial charge in [0, 0.05) is 24.1 Å². The van der Waals surface area contributed by atoms with E-state index in [1.54, 1.807) is 10.8 Å². The Kier molecular flexibility index (Phi) is 5.12. The van der Waals surface area contributed by atoms with Gasteiger partial charge in [-0.2, -0.15) is 4.98 Å². The van der Waals surface area contributed by atoms with Gasteiger partial charge in [0.1, 0.15) is 0 Å². The molecular weight excluding hydrogens is 332 g/mol. The number of rotatable bonds is 5. The quantitative estimate of drug-likeness (QED) is 0.900. The van der Waals surface area contributed by atoms with Crippen molar-refractivity contribution in [1.82, 2.24) is 14.5 Å². The van der Waals surface area contributed by atoms with Crippen LogP contribution >= 0.6 is 15.9 Å². The summed E-state index contributed by atoms with van der Waals surface area (Å²) in [5.41, 5.74) is 3.17. The summed E-state index contributed by atoms with van der Waals surface area (Å²) in [4.78, 5) is 20.4. The summed E-state index contributed by atoms with van der Waals surface area (Å²) in [6, 6.07) is 3.90. The summed E-state index contributed by atoms with van der Waals surface area (Å²) >= 11 is 3.47. The molecule has 0 spiro atoms. The van der Waals surface area contributed by atoms with Crippen molar-refractivity contribution in [2.24, 2.45) is 0 Å². The van der Waals surface area contributed by atoms with Crippen LogP contribution in [-0.2, 0) is 6.54 Å². The maximum atomic E-state index is 12.1. The van der Waals surface area contributed by atoms with Crippen LogP contribution in [0.1, 0.15) is 30.4 Å². The second kappa shape index (κ2) is 6.85. The van der Waals surface area contributed by atoms with Gasteiger partial charge in [-0.3, -0.25) is 9.55 Å². The molecule has 0 saturated heterocycles. The minimum absolute atomic E-state index is 0.248. The molecule has 0 bridgehead atoms. The zero-order valence-corrected chi connectivity index (χ0v) is 14.1. The molecule has 2 aromatic heterocycles. The molecule has 2 aromatic rings. The van der Waals surface area contributed by atoms with E-state index in [1.807, 2.05) is 26.0 Å². The Morgan fingerprint density at radius 1 is 1.38 bits per heavy atom. The molecule has 0 atom stereocenters. The third kappa shape index (κ3) is 3.69. The van der Waals surface area contributed by atoms with Crippen molar-refractivity contribution in [2.45, 2.75) is 33.7 Å². The molecule has 2 heterocycles. The number of pyridine rings is 1. The largest absolute Gasteiger partial charge is 0.385 e. The molecule has 0 aliphatic heterocycles. The van der Waals surface area contributed by atoms with Gasteiger partial charge in [0.15, 0.2) is 0 Å². The second-order valence-corrected chi connectivity index (χ2v) is 5.72. The van der Waals surface area contributed by atoms with E-state index in [1.165, 1.54) is 0 Å². The van der Waals surface area contributed by atoms with Crippen molar-refractivity contribution in [1.29, 1.82) is 0 Å². The number of aromatic nitrogens is 3. The number of hydrogen-bond acceptors (Lipinski definition) is 4. The molecule has 0 aliphatic rings. The summed E-state index contributed by atoms with van der Waals surface area (Å²) < 4.78 is 2.49. The second-order valence-electron chi connectivity index (χ2n) is 4.93. The normalized spacial score (nSPS) is 10.7. The molecule has 0 unspecified atom stereocenters. The zero-order chi connectivity index (χ0) is 15.4. The smallest absolute Gasteiger partial charge is 0.348 e. The van der Waals surface area contributed by atoms with Crippen molar-refractivity contribution in [3.8, 4) is 0 Å². The Morgan fingerprint density at radius 3 is 2.86 bits per heavy atom. The predicted octanol–water partition coefficient (Wildman–Crippen LogP) is 2.89. The Labute approximate surface area is 132 Å². The number of nitrogens with one attached hydrogen (secondary N) is 1. The lowest BCUT2D eigenvalue weighted by atomic mass is 10.3. The fourth-order valence-electron chi connectivity index (χ4n) is 2.07. The number of hydrogen-bond donors (Lipinski definition) is 1. The van der Waals surface area contributed by atoms with Crippen molar-refractivity contribution >= 4 is 21.6 Å². The third-order valence-electron chi connectivity index (χ3n) is 3.25. The Morgan fingerprint density at radius 2 is 2.14 bits per heavy atom. The summed E-state index contributed by atoms with van der Waals surface area (Å²) in [6.45, 7) is 7.17. The van der Waals surface area contributed by atoms with Gasteiger partial charge >= 0.3 is 5.69 Å². The number of anilines is 1. The number of nitrogens with zero attached hydrogens (tertiary/aromatic N) is 3. The van der Waals surface area contributed by atoms with E-state index in [0.717, 1.165) is 34.5 Å². The molecule has 6 heteroatoms. The van der Waals surface area contributed by atoms with Crippen LogP contribution in [0.5, 0.6) is 0 Å². The average Bonchev–Trinajstić information content (AvgIpc) is 2.48. The molecule has 1 N–H and O–H groups in total. The van der Waals surface area contributed by atoms with Crippen LogP contribution in [0.2, 0.25) is 0 Å². The Bertz CT molecular complexity index is 697. The molecule has 2 rings (SSSR count). The van der Waals surface area contributed by atoms with Gasteiger partial charge in [0.05, 0.1) is 22.4 Å². The molecule has 0 fully saturated rings. The first-order valence-electron chi connectivity index (χ1n) is 6.95. The van der Waals surface area contributed by atoms with E-state index in [-0.39, 0.29) is 5.69 Å². The number of halogens is 1. The predicted molar refractivity (Wildman–Crippen MR) is 87.8 cm³/mol. The Hall–Kier alpha value is -1.69. The molecule has 0 aliphatic carbocycles. The number of aryl methyl sites for hydroxylation is 1.